The molecule has 0 unspecified atom stereocenters. The molecule has 2 amide bonds. The molecule has 182 valence electrons. The number of ether oxygens (including phenoxy) is 1. The molecular weight excluding hydrogens is 466 g/mol. The van der Waals surface area contributed by atoms with Crippen LogP contribution < -0.4 is 14.8 Å². The zero-order chi connectivity index (χ0) is 24.7. The number of hydrogen-bond acceptors (Lipinski definition) is 5. The van der Waals surface area contributed by atoms with Crippen molar-refractivity contribution in [3.05, 3.63) is 84.4 Å². The molecule has 1 fully saturated rings. The molecule has 0 aliphatic carbocycles. The number of nitrogens with one attached hydrogen (secondary N) is 2. The maximum absolute atomic E-state index is 13.0. The fourth-order valence-electron chi connectivity index (χ4n) is 3.76. The number of piperidine rings is 1. The van der Waals surface area contributed by atoms with E-state index in [4.69, 9.17) is 4.74 Å². The third-order valence-corrected chi connectivity index (χ3v) is 7.02. The van der Waals surface area contributed by atoms with Gasteiger partial charge in [-0.1, -0.05) is 30.3 Å². The quantitative estimate of drug-likeness (QED) is 0.493. The minimum Gasteiger partial charge on any atom is -0.455 e. The fraction of sp³-hybridized carbons (Fsp3) is 0.231. The Bertz CT molecular complexity index is 1270. The van der Waals surface area contributed by atoms with Gasteiger partial charge in [0, 0.05) is 18.7 Å². The zero-order valence-corrected chi connectivity index (χ0v) is 20.0. The summed E-state index contributed by atoms with van der Waals surface area (Å²) in [6, 6.07) is 21.3. The molecule has 9 heteroatoms. The van der Waals surface area contributed by atoms with Gasteiger partial charge in [0.1, 0.15) is 5.75 Å². The minimum absolute atomic E-state index is 0.00652. The second kappa shape index (κ2) is 11.1. The van der Waals surface area contributed by atoms with Gasteiger partial charge < -0.3 is 15.0 Å². The van der Waals surface area contributed by atoms with Gasteiger partial charge in [-0.2, -0.15) is 0 Å². The summed E-state index contributed by atoms with van der Waals surface area (Å²) in [7, 11) is -3.93. The number of likely N-dealkylation sites (tertiary alicyclic amines) is 1. The lowest BCUT2D eigenvalue weighted by Crippen LogP contribution is -2.42. The van der Waals surface area contributed by atoms with Crippen LogP contribution in [0.2, 0.25) is 0 Å². The Morgan fingerprint density at radius 3 is 2.20 bits per heavy atom. The van der Waals surface area contributed by atoms with Crippen LogP contribution in [0.15, 0.2) is 83.8 Å². The van der Waals surface area contributed by atoms with Gasteiger partial charge in [-0.25, -0.2) is 8.42 Å². The third-order valence-electron chi connectivity index (χ3n) is 5.64. The van der Waals surface area contributed by atoms with Gasteiger partial charge >= 0.3 is 0 Å². The van der Waals surface area contributed by atoms with Crippen LogP contribution >= 0.6 is 0 Å². The zero-order valence-electron chi connectivity index (χ0n) is 19.1. The first kappa shape index (κ1) is 24.3. The van der Waals surface area contributed by atoms with Gasteiger partial charge in [0.2, 0.25) is 5.91 Å². The van der Waals surface area contributed by atoms with Crippen molar-refractivity contribution in [2.45, 2.75) is 24.2 Å². The Labute approximate surface area is 205 Å². The Morgan fingerprint density at radius 1 is 0.829 bits per heavy atom. The van der Waals surface area contributed by atoms with E-state index in [1.807, 2.05) is 18.2 Å². The summed E-state index contributed by atoms with van der Waals surface area (Å²) in [6.45, 7) is 1.35. The van der Waals surface area contributed by atoms with Crippen LogP contribution in [0.5, 0.6) is 11.5 Å². The molecule has 0 saturated carbocycles. The predicted molar refractivity (Wildman–Crippen MR) is 133 cm³/mol. The first-order valence-corrected chi connectivity index (χ1v) is 12.9. The minimum atomic E-state index is -3.93. The number of benzene rings is 3. The summed E-state index contributed by atoms with van der Waals surface area (Å²) < 4.78 is 34.3. The highest BCUT2D eigenvalue weighted by Gasteiger charge is 2.19. The van der Waals surface area contributed by atoms with Crippen LogP contribution in [-0.4, -0.2) is 44.8 Å². The molecule has 1 aliphatic heterocycles. The van der Waals surface area contributed by atoms with Gasteiger partial charge in [-0.15, -0.1) is 0 Å². The molecule has 1 heterocycles. The summed E-state index contributed by atoms with van der Waals surface area (Å²) >= 11 is 0. The van der Waals surface area contributed by atoms with E-state index < -0.39 is 15.9 Å². The number of anilines is 1. The Morgan fingerprint density at radius 2 is 1.49 bits per heavy atom. The first-order chi connectivity index (χ1) is 16.9. The summed E-state index contributed by atoms with van der Waals surface area (Å²) in [5, 5.41) is 2.61. The van der Waals surface area contributed by atoms with Crippen LogP contribution in [0.1, 0.15) is 29.6 Å². The number of sulfonamides is 1. The maximum atomic E-state index is 13.0. The van der Waals surface area contributed by atoms with Crippen molar-refractivity contribution in [1.29, 1.82) is 0 Å². The van der Waals surface area contributed by atoms with Crippen molar-refractivity contribution >= 4 is 27.5 Å². The summed E-state index contributed by atoms with van der Waals surface area (Å²) in [5.41, 5.74) is 0.553. The number of carbonyl (C=O) groups is 2. The van der Waals surface area contributed by atoms with Gasteiger partial charge in [0.25, 0.3) is 15.9 Å². The molecule has 0 radical (unpaired) electrons. The molecule has 2 N–H and O–H groups in total. The van der Waals surface area contributed by atoms with E-state index in [0.717, 1.165) is 19.3 Å². The van der Waals surface area contributed by atoms with Crippen LogP contribution in [0, 0.1) is 0 Å². The van der Waals surface area contributed by atoms with Crippen LogP contribution in [0.4, 0.5) is 5.69 Å². The molecule has 0 aromatic heterocycles. The molecule has 8 nitrogen and oxygen atoms in total. The molecule has 35 heavy (non-hydrogen) atoms. The van der Waals surface area contributed by atoms with Crippen molar-refractivity contribution in [1.82, 2.24) is 10.2 Å². The SMILES string of the molecule is O=C(NCC(=O)N1CCCCC1)c1ccc(S(=O)(=O)Nc2ccccc2Oc2ccccc2)cc1. The number of nitrogens with zero attached hydrogens (tertiary/aromatic N) is 1. The van der Waals surface area contributed by atoms with Gasteiger partial charge in [0.15, 0.2) is 5.75 Å². The molecule has 1 aliphatic rings. The smallest absolute Gasteiger partial charge is 0.262 e. The number of amides is 2. The first-order valence-electron chi connectivity index (χ1n) is 11.4. The van der Waals surface area contributed by atoms with Crippen LogP contribution in [0.25, 0.3) is 0 Å². The van der Waals surface area contributed by atoms with E-state index in [1.54, 1.807) is 41.3 Å². The number of rotatable bonds is 8. The van der Waals surface area contributed by atoms with Crippen molar-refractivity contribution < 1.29 is 22.7 Å². The number of hydrogen-bond donors (Lipinski definition) is 2. The highest BCUT2D eigenvalue weighted by Crippen LogP contribution is 2.30. The van der Waals surface area contributed by atoms with E-state index in [0.29, 0.717) is 24.6 Å². The topological polar surface area (TPSA) is 105 Å². The molecule has 3 aromatic rings. The van der Waals surface area contributed by atoms with Crippen molar-refractivity contribution in [2.75, 3.05) is 24.4 Å². The average molecular weight is 494 g/mol. The van der Waals surface area contributed by atoms with Crippen molar-refractivity contribution in [2.24, 2.45) is 0 Å². The van der Waals surface area contributed by atoms with Gasteiger partial charge in [-0.05, 0) is 67.8 Å². The van der Waals surface area contributed by atoms with Gasteiger partial charge in [0.05, 0.1) is 17.1 Å². The summed E-state index contributed by atoms with van der Waals surface area (Å²) in [5.74, 6) is 0.386. The van der Waals surface area contributed by atoms with Gasteiger partial charge in [-0.3, -0.25) is 14.3 Å². The number of carbonyl (C=O) groups excluding carboxylic acids is 2. The predicted octanol–water partition coefficient (Wildman–Crippen LogP) is 4.02. The second-order valence-corrected chi connectivity index (χ2v) is 9.85. The maximum Gasteiger partial charge on any atom is 0.262 e. The molecule has 0 bridgehead atoms. The lowest BCUT2D eigenvalue weighted by Gasteiger charge is -2.26. The number of para-hydroxylation sites is 3. The highest BCUT2D eigenvalue weighted by molar-refractivity contribution is 7.92. The molecule has 0 atom stereocenters. The van der Waals surface area contributed by atoms with Crippen molar-refractivity contribution in [3.8, 4) is 11.5 Å². The van der Waals surface area contributed by atoms with E-state index in [-0.39, 0.29) is 28.6 Å². The van der Waals surface area contributed by atoms with E-state index in [1.165, 1.54) is 24.3 Å². The molecule has 3 aromatic carbocycles. The third kappa shape index (κ3) is 6.39. The Balaban J connectivity index is 1.40. The average Bonchev–Trinajstić information content (AvgIpc) is 2.89. The highest BCUT2D eigenvalue weighted by atomic mass is 32.2. The lowest BCUT2D eigenvalue weighted by molar-refractivity contribution is -0.130. The fourth-order valence-corrected chi connectivity index (χ4v) is 4.83. The lowest BCUT2D eigenvalue weighted by atomic mass is 10.1. The monoisotopic (exact) mass is 493 g/mol. The Kier molecular flexibility index (Phi) is 7.67. The normalized spacial score (nSPS) is 13.7. The summed E-state index contributed by atoms with van der Waals surface area (Å²) in [6.07, 6.45) is 3.07. The second-order valence-electron chi connectivity index (χ2n) is 8.17. The summed E-state index contributed by atoms with van der Waals surface area (Å²) in [4.78, 5) is 26.4. The Hall–Kier alpha value is -3.85. The van der Waals surface area contributed by atoms with E-state index in [2.05, 4.69) is 10.0 Å². The van der Waals surface area contributed by atoms with Crippen LogP contribution in [0.3, 0.4) is 0 Å². The van der Waals surface area contributed by atoms with Crippen LogP contribution in [-0.2, 0) is 14.8 Å². The van der Waals surface area contributed by atoms with Crippen molar-refractivity contribution in [3.63, 3.8) is 0 Å². The molecule has 1 saturated heterocycles. The standard InChI is InChI=1S/C26H27N3O5S/c30-25(29-17-7-2-8-18-29)19-27-26(31)20-13-15-22(16-14-20)35(32,33)28-23-11-5-6-12-24(23)34-21-9-3-1-4-10-21/h1,3-6,9-16,28H,2,7-8,17-19H2,(H,27,31). The molecular formula is C26H27N3O5S. The largest absolute Gasteiger partial charge is 0.455 e. The van der Waals surface area contributed by atoms with E-state index in [9.17, 15) is 18.0 Å². The molecule has 0 spiro atoms. The van der Waals surface area contributed by atoms with E-state index >= 15 is 0 Å². The molecule has 4 rings (SSSR count).